The van der Waals surface area contributed by atoms with E-state index in [2.05, 4.69) is 163 Å². The molecule has 0 atom stereocenters. The molecule has 0 fully saturated rings. The van der Waals surface area contributed by atoms with Gasteiger partial charge in [-0.3, -0.25) is 0 Å². The number of benzene rings is 3. The molecule has 0 saturated heterocycles. The van der Waals surface area contributed by atoms with Crippen LogP contribution >= 0.6 is 15.8 Å². The molecule has 0 bridgehead atoms. The fraction of sp³-hybridized carbons (Fsp3) is 0.538. The third kappa shape index (κ3) is 11.0. The number of hydrogen-bond acceptors (Lipinski definition) is 1. The molecule has 1 radical (unpaired) electrons. The predicted molar refractivity (Wildman–Crippen MR) is 208 cm³/mol. The van der Waals surface area contributed by atoms with E-state index in [9.17, 15) is 0 Å². The van der Waals surface area contributed by atoms with Gasteiger partial charge in [-0.1, -0.05) is 90.5 Å². The van der Waals surface area contributed by atoms with Crippen LogP contribution in [0.25, 0.3) is 0 Å². The van der Waals surface area contributed by atoms with Crippen LogP contribution in [0, 0.1) is 20.8 Å². The molecule has 44 heavy (non-hydrogen) atoms. The van der Waals surface area contributed by atoms with E-state index >= 15 is 0 Å². The smallest absolute Gasteiger partial charge is 0.398 e. The van der Waals surface area contributed by atoms with Crippen LogP contribution in [0.1, 0.15) is 99.8 Å². The summed E-state index contributed by atoms with van der Waals surface area (Å²) < 4.78 is 0. The first-order valence-corrected chi connectivity index (χ1v) is 19.8. The maximum atomic E-state index is 5.75. The van der Waals surface area contributed by atoms with Crippen molar-refractivity contribution in [3.8, 4) is 0 Å². The summed E-state index contributed by atoms with van der Waals surface area (Å²) in [6, 6.07) is 30.1. The summed E-state index contributed by atoms with van der Waals surface area (Å²) in [5.74, 6) is 0. The molecule has 1 nitrogen and oxygen atoms in total. The van der Waals surface area contributed by atoms with Crippen molar-refractivity contribution in [3.63, 3.8) is 0 Å². The zero-order valence-electron chi connectivity index (χ0n) is 30.8. The van der Waals surface area contributed by atoms with Crippen LogP contribution < -0.4 is 16.7 Å². The average Bonchev–Trinajstić information content (AvgIpc) is 2.86. The molecule has 0 unspecified atom stereocenters. The number of nitrogens with two attached hydrogens (primary N) is 1. The summed E-state index contributed by atoms with van der Waals surface area (Å²) in [5, 5.41) is 1.37. The van der Waals surface area contributed by atoms with Gasteiger partial charge in [0.1, 0.15) is 6.15 Å². The molecule has 0 aliphatic heterocycles. The van der Waals surface area contributed by atoms with Gasteiger partial charge in [-0.25, -0.2) is 0 Å². The zero-order valence-corrected chi connectivity index (χ0v) is 33.7. The zero-order chi connectivity index (χ0) is 33.0. The average molecular weight is 684 g/mol. The third-order valence-electron chi connectivity index (χ3n) is 9.34. The maximum absolute atomic E-state index is 5.75. The molecule has 3 aromatic carbocycles. The van der Waals surface area contributed by atoms with E-state index in [-0.39, 0.29) is 17.1 Å². The molecule has 0 amide bonds. The molecule has 3 aromatic rings. The van der Waals surface area contributed by atoms with Crippen molar-refractivity contribution in [2.45, 2.75) is 124 Å². The molecule has 0 heterocycles. The van der Waals surface area contributed by atoms with Crippen LogP contribution in [0.3, 0.4) is 0 Å². The summed E-state index contributed by atoms with van der Waals surface area (Å²) in [7, 11) is -1.43. The molecule has 2 N–H and O–H groups in total. The van der Waals surface area contributed by atoms with Crippen LogP contribution in [0.2, 0.25) is 0 Å². The Balaban J connectivity index is 0.000000745. The van der Waals surface area contributed by atoms with Gasteiger partial charge >= 0.3 is 17.1 Å². The van der Waals surface area contributed by atoms with Crippen molar-refractivity contribution in [3.05, 3.63) is 89.5 Å². The Morgan fingerprint density at radius 1 is 0.523 bits per heavy atom. The molecular formula is C39H65BCuNP2+3. The Labute approximate surface area is 286 Å². The van der Waals surface area contributed by atoms with Gasteiger partial charge < -0.3 is 5.73 Å². The van der Waals surface area contributed by atoms with Crippen molar-refractivity contribution < 1.29 is 17.1 Å². The number of anilines is 1. The van der Waals surface area contributed by atoms with E-state index in [1.807, 2.05) is 13.8 Å². The number of rotatable bonds is 6. The molecule has 0 aromatic heterocycles. The fourth-order valence-corrected chi connectivity index (χ4v) is 17.6. The topological polar surface area (TPSA) is 26.0 Å². The van der Waals surface area contributed by atoms with Gasteiger partial charge in [0.15, 0.2) is 0 Å². The molecule has 0 spiro atoms. The van der Waals surface area contributed by atoms with Crippen LogP contribution in [0.4, 0.5) is 5.69 Å². The molecule has 3 rings (SSSR count). The van der Waals surface area contributed by atoms with E-state index in [1.54, 1.807) is 10.9 Å². The van der Waals surface area contributed by atoms with Crippen molar-refractivity contribution >= 4 is 38.6 Å². The van der Waals surface area contributed by atoms with Crippen LogP contribution in [-0.2, 0) is 17.1 Å². The maximum Gasteiger partial charge on any atom is 2.00 e. The first kappa shape index (κ1) is 40.9. The van der Waals surface area contributed by atoms with Crippen LogP contribution in [-0.4, -0.2) is 38.9 Å². The third-order valence-corrected chi connectivity index (χ3v) is 18.8. The van der Waals surface area contributed by atoms with E-state index in [0.29, 0.717) is 20.6 Å². The minimum Gasteiger partial charge on any atom is -0.398 e. The predicted octanol–water partition coefficient (Wildman–Crippen LogP) is 10.1. The van der Waals surface area contributed by atoms with Crippen molar-refractivity contribution in [2.75, 3.05) is 17.9 Å². The van der Waals surface area contributed by atoms with Gasteiger partial charge in [-0.05, 0) is 131 Å². The van der Waals surface area contributed by atoms with Gasteiger partial charge in [0, 0.05) is 5.69 Å². The first-order valence-electron chi connectivity index (χ1n) is 16.4. The van der Waals surface area contributed by atoms with E-state index in [0.717, 1.165) is 5.69 Å². The second-order valence-corrected chi connectivity index (χ2v) is 26.0. The summed E-state index contributed by atoms with van der Waals surface area (Å²) in [6.07, 6.45) is -0.884. The second-order valence-electron chi connectivity index (χ2n) is 17.2. The Kier molecular flexibility index (Phi) is 14.6. The van der Waals surface area contributed by atoms with Gasteiger partial charge in [0.2, 0.25) is 0 Å². The monoisotopic (exact) mass is 683 g/mol. The van der Waals surface area contributed by atoms with Crippen molar-refractivity contribution in [1.29, 1.82) is 0 Å². The van der Waals surface area contributed by atoms with E-state index in [4.69, 9.17) is 5.73 Å². The summed E-state index contributed by atoms with van der Waals surface area (Å²) >= 11 is 0. The van der Waals surface area contributed by atoms with Crippen LogP contribution in [0.5, 0.6) is 0 Å². The second kappa shape index (κ2) is 15.7. The molecule has 0 aliphatic rings. The Morgan fingerprint density at radius 3 is 1.05 bits per heavy atom. The molecule has 247 valence electrons. The van der Waals surface area contributed by atoms with E-state index in [1.165, 1.54) is 28.8 Å². The molecule has 0 saturated carbocycles. The number of hydrogen-bond donors (Lipinski definition) is 1. The SMILES string of the molecule is CC(C)(C)[PH+](C[B-](C[PH+](C(C)(C)C)C(C)(C)C)(c1ccccc1)c1ccccc1)C(C)(C)C.Cc1cc(C)c(N)c(C)c1.[Cu+2]. The minimum atomic E-state index is -0.884. The largest absolute Gasteiger partial charge is 2.00 e. The fourth-order valence-electron chi connectivity index (χ4n) is 7.74. The number of aryl methyl sites for hydroxylation is 3. The minimum absolute atomic E-state index is 0. The molecule has 0 aliphatic carbocycles. The first-order chi connectivity index (χ1) is 19.5. The van der Waals surface area contributed by atoms with Gasteiger partial charge in [0.25, 0.3) is 0 Å². The van der Waals surface area contributed by atoms with Crippen LogP contribution in [0.15, 0.2) is 72.8 Å². The van der Waals surface area contributed by atoms with E-state index < -0.39 is 22.0 Å². The Morgan fingerprint density at radius 2 is 0.795 bits per heavy atom. The standard InChI is InChI=1S/C30H50BP2.C9H13N.Cu/c1-27(2,3)32(28(4,5)6)23-31(25-19-15-13-16-20-25,26-21-17-14-18-22-26)24-33(29(7,8)9)30(10,11)12;1-6-4-7(2)9(10)8(3)5-6;/h13-22H,23-24H2,1-12H3;4-5H,10H2,1-3H3;/q-1;;+2/p+2. The molecular weight excluding hydrogens is 619 g/mol. The summed E-state index contributed by atoms with van der Waals surface area (Å²) in [4.78, 5) is 0. The van der Waals surface area contributed by atoms with Gasteiger partial charge in [0.05, 0.1) is 20.6 Å². The van der Waals surface area contributed by atoms with Crippen molar-refractivity contribution in [1.82, 2.24) is 0 Å². The van der Waals surface area contributed by atoms with Gasteiger partial charge in [-0.2, -0.15) is 10.9 Å². The normalized spacial score (nSPS) is 12.9. The molecule has 5 heteroatoms. The Hall–Kier alpha value is -1.10. The summed E-state index contributed by atoms with van der Waals surface area (Å²) in [5.41, 5.74) is 13.5. The van der Waals surface area contributed by atoms with Crippen molar-refractivity contribution in [2.24, 2.45) is 0 Å². The number of nitrogen functional groups attached to an aromatic ring is 1. The quantitative estimate of drug-likeness (QED) is 0.156. The summed E-state index contributed by atoms with van der Waals surface area (Å²) in [6.45, 7) is 36.2. The Bertz CT molecular complexity index is 1170. The van der Waals surface area contributed by atoms with Gasteiger partial charge in [-0.15, -0.1) is 0 Å².